The highest BCUT2D eigenvalue weighted by atomic mass is 16.7. The molecule has 1 aromatic rings. The quantitative estimate of drug-likeness (QED) is 0.495. The molecule has 1 saturated heterocycles. The van der Waals surface area contributed by atoms with E-state index < -0.39 is 48.2 Å². The van der Waals surface area contributed by atoms with Crippen LogP contribution in [0.25, 0.3) is 0 Å². The summed E-state index contributed by atoms with van der Waals surface area (Å²) in [6.45, 7) is -1.06. The minimum Gasteiger partial charge on any atom is -0.393 e. The normalized spacial score (nSPS) is 28.3. The predicted octanol–water partition coefficient (Wildman–Crippen LogP) is -1.17. The Kier molecular flexibility index (Phi) is 4.63. The molecule has 0 bridgehead atoms. The average molecular weight is 342 g/mol. The minimum atomic E-state index is -1.43. The molecule has 1 saturated carbocycles. The van der Waals surface area contributed by atoms with Gasteiger partial charge in [-0.2, -0.15) is 0 Å². The first kappa shape index (κ1) is 17.3. The lowest BCUT2D eigenvalue weighted by Crippen LogP contribution is -2.51. The minimum absolute atomic E-state index is 0.148. The van der Waals surface area contributed by atoms with Crippen LogP contribution in [0.4, 0.5) is 0 Å². The molecule has 2 aliphatic rings. The van der Waals surface area contributed by atoms with Gasteiger partial charge in [-0.1, -0.05) is 0 Å². The average Bonchev–Trinajstić information content (AvgIpc) is 3.12. The Hall–Kier alpha value is -1.52. The van der Waals surface area contributed by atoms with Crippen molar-refractivity contribution in [3.63, 3.8) is 0 Å². The highest BCUT2D eigenvalue weighted by Gasteiger charge is 2.53. The smallest absolute Gasteiger partial charge is 0.330 e. The van der Waals surface area contributed by atoms with Crippen LogP contribution < -0.4 is 11.2 Å². The van der Waals surface area contributed by atoms with Gasteiger partial charge in [0.1, 0.15) is 11.8 Å². The van der Waals surface area contributed by atoms with Crippen LogP contribution in [0.1, 0.15) is 38.3 Å². The number of hydrogen-bond acceptors (Lipinski definition) is 7. The molecule has 134 valence electrons. The largest absolute Gasteiger partial charge is 0.393 e. The first-order chi connectivity index (χ1) is 11.4. The second kappa shape index (κ2) is 6.41. The van der Waals surface area contributed by atoms with Gasteiger partial charge in [0.25, 0.3) is 5.56 Å². The van der Waals surface area contributed by atoms with Gasteiger partial charge in [0.2, 0.25) is 0 Å². The maximum absolute atomic E-state index is 11.9. The molecule has 2 heterocycles. The van der Waals surface area contributed by atoms with Crippen LogP contribution in [-0.2, 0) is 9.47 Å². The summed E-state index contributed by atoms with van der Waals surface area (Å²) in [7, 11) is 0. The number of ether oxygens (including phenoxy) is 2. The van der Waals surface area contributed by atoms with Crippen LogP contribution in [0.15, 0.2) is 21.9 Å². The van der Waals surface area contributed by atoms with Crippen molar-refractivity contribution in [1.82, 2.24) is 9.55 Å². The standard InChI is InChI=1S/C15H22N2O7/c18-8-14(9-19)10(23-15(22)4-1-2-5-15)7-12(24-14)17-6-3-11(20)16-13(17)21/h3,6,10,12,18-19,22H,1-2,4-5,7-9H2,(H,16,20,21)/t10-,12+/m0/s1. The van der Waals surface area contributed by atoms with E-state index >= 15 is 0 Å². The second-order valence-electron chi connectivity index (χ2n) is 6.47. The zero-order valence-electron chi connectivity index (χ0n) is 13.2. The molecule has 0 unspecified atom stereocenters. The summed E-state index contributed by atoms with van der Waals surface area (Å²) in [4.78, 5) is 25.3. The van der Waals surface area contributed by atoms with Gasteiger partial charge in [-0.25, -0.2) is 4.79 Å². The number of hydrogen-bond donors (Lipinski definition) is 4. The Balaban J connectivity index is 1.87. The van der Waals surface area contributed by atoms with Crippen LogP contribution in [-0.4, -0.2) is 55.6 Å². The number of aromatic amines is 1. The molecule has 1 aliphatic heterocycles. The molecule has 1 aliphatic carbocycles. The summed E-state index contributed by atoms with van der Waals surface area (Å²) in [6, 6.07) is 1.18. The third kappa shape index (κ3) is 3.05. The Bertz CT molecular complexity index is 688. The van der Waals surface area contributed by atoms with Crippen molar-refractivity contribution in [2.75, 3.05) is 13.2 Å². The highest BCUT2D eigenvalue weighted by Crippen LogP contribution is 2.42. The fraction of sp³-hybridized carbons (Fsp3) is 0.733. The van der Waals surface area contributed by atoms with Gasteiger partial charge in [-0.15, -0.1) is 0 Å². The number of H-pyrrole nitrogens is 1. The fourth-order valence-electron chi connectivity index (χ4n) is 3.41. The second-order valence-corrected chi connectivity index (χ2v) is 6.47. The van der Waals surface area contributed by atoms with E-state index in [2.05, 4.69) is 4.98 Å². The molecule has 9 nitrogen and oxygen atoms in total. The van der Waals surface area contributed by atoms with Gasteiger partial charge in [-0.05, 0) is 12.8 Å². The molecular weight excluding hydrogens is 320 g/mol. The van der Waals surface area contributed by atoms with Crippen molar-refractivity contribution in [2.24, 2.45) is 0 Å². The number of nitrogens with zero attached hydrogens (tertiary/aromatic N) is 1. The third-order valence-electron chi connectivity index (χ3n) is 4.82. The zero-order valence-corrected chi connectivity index (χ0v) is 13.2. The van der Waals surface area contributed by atoms with Crippen molar-refractivity contribution in [3.05, 3.63) is 33.1 Å². The molecule has 0 spiro atoms. The van der Waals surface area contributed by atoms with E-state index in [1.165, 1.54) is 16.8 Å². The summed E-state index contributed by atoms with van der Waals surface area (Å²) in [5, 5.41) is 29.9. The molecule has 3 rings (SSSR count). The molecule has 24 heavy (non-hydrogen) atoms. The monoisotopic (exact) mass is 342 g/mol. The highest BCUT2D eigenvalue weighted by molar-refractivity contribution is 4.99. The van der Waals surface area contributed by atoms with E-state index in [0.29, 0.717) is 12.8 Å². The van der Waals surface area contributed by atoms with Crippen molar-refractivity contribution in [1.29, 1.82) is 0 Å². The lowest BCUT2D eigenvalue weighted by molar-refractivity contribution is -0.259. The molecule has 0 radical (unpaired) electrons. The van der Waals surface area contributed by atoms with Crippen LogP contribution >= 0.6 is 0 Å². The van der Waals surface area contributed by atoms with Gasteiger partial charge >= 0.3 is 5.69 Å². The SMILES string of the molecule is O=c1ccn([C@H]2C[C@H](OC3(O)CCCC3)C(CO)(CO)O2)c(=O)[nH]1. The molecule has 2 fully saturated rings. The number of aliphatic hydroxyl groups excluding tert-OH is 2. The maximum atomic E-state index is 11.9. The van der Waals surface area contributed by atoms with Crippen molar-refractivity contribution in [3.8, 4) is 0 Å². The van der Waals surface area contributed by atoms with Gasteiger partial charge in [0, 0.05) is 31.5 Å². The maximum Gasteiger partial charge on any atom is 0.330 e. The van der Waals surface area contributed by atoms with Crippen LogP contribution in [0.2, 0.25) is 0 Å². The van der Waals surface area contributed by atoms with E-state index in [1.807, 2.05) is 0 Å². The number of rotatable bonds is 5. The van der Waals surface area contributed by atoms with Gasteiger partial charge in [-0.3, -0.25) is 14.3 Å². The first-order valence-corrected chi connectivity index (χ1v) is 8.03. The molecule has 1 aromatic heterocycles. The van der Waals surface area contributed by atoms with E-state index in [1.54, 1.807) is 0 Å². The van der Waals surface area contributed by atoms with E-state index in [9.17, 15) is 24.9 Å². The summed E-state index contributed by atoms with van der Waals surface area (Å²) < 4.78 is 12.7. The molecule has 9 heteroatoms. The Labute approximate surface area is 137 Å². The number of aromatic nitrogens is 2. The molecule has 0 amide bonds. The Morgan fingerprint density at radius 3 is 2.54 bits per heavy atom. The predicted molar refractivity (Wildman–Crippen MR) is 81.3 cm³/mol. The number of aliphatic hydroxyl groups is 3. The lowest BCUT2D eigenvalue weighted by Gasteiger charge is -2.35. The molecule has 4 N–H and O–H groups in total. The van der Waals surface area contributed by atoms with Crippen LogP contribution in [0.3, 0.4) is 0 Å². The summed E-state index contributed by atoms with van der Waals surface area (Å²) in [5.74, 6) is -1.31. The van der Waals surface area contributed by atoms with Crippen LogP contribution in [0.5, 0.6) is 0 Å². The van der Waals surface area contributed by atoms with Gasteiger partial charge < -0.3 is 24.8 Å². The van der Waals surface area contributed by atoms with E-state index in [0.717, 1.165) is 12.8 Å². The van der Waals surface area contributed by atoms with Gasteiger partial charge in [0.05, 0.1) is 19.3 Å². The zero-order chi connectivity index (χ0) is 17.4. The molecular formula is C15H22N2O7. The summed E-state index contributed by atoms with van der Waals surface area (Å²) >= 11 is 0. The van der Waals surface area contributed by atoms with Crippen LogP contribution in [0, 0.1) is 0 Å². The summed E-state index contributed by atoms with van der Waals surface area (Å²) in [6.07, 6.45) is 2.42. The third-order valence-corrected chi connectivity index (χ3v) is 4.82. The first-order valence-electron chi connectivity index (χ1n) is 8.03. The Morgan fingerprint density at radius 2 is 1.96 bits per heavy atom. The topological polar surface area (TPSA) is 134 Å². The van der Waals surface area contributed by atoms with Gasteiger partial charge in [0.15, 0.2) is 5.79 Å². The molecule has 2 atom stereocenters. The summed E-state index contributed by atoms with van der Waals surface area (Å²) in [5.41, 5.74) is -2.62. The van der Waals surface area contributed by atoms with Crippen molar-refractivity contribution >= 4 is 0 Å². The Morgan fingerprint density at radius 1 is 1.29 bits per heavy atom. The lowest BCUT2D eigenvalue weighted by atomic mass is 9.98. The number of nitrogens with one attached hydrogen (secondary N) is 1. The van der Waals surface area contributed by atoms with E-state index in [-0.39, 0.29) is 6.42 Å². The van der Waals surface area contributed by atoms with Crippen molar-refractivity contribution < 1.29 is 24.8 Å². The van der Waals surface area contributed by atoms with Crippen molar-refractivity contribution in [2.45, 2.75) is 55.8 Å². The fourth-order valence-corrected chi connectivity index (χ4v) is 3.41. The van der Waals surface area contributed by atoms with E-state index in [4.69, 9.17) is 9.47 Å². The molecule has 0 aromatic carbocycles.